The second-order valence-electron chi connectivity index (χ2n) is 3.61. The van der Waals surface area contributed by atoms with Crippen molar-refractivity contribution in [1.82, 2.24) is 5.32 Å². The van der Waals surface area contributed by atoms with Gasteiger partial charge in [0, 0.05) is 37.8 Å². The Bertz CT molecular complexity index is 432. The number of rotatable bonds is 5. The Kier molecular flexibility index (Phi) is 4.45. The van der Waals surface area contributed by atoms with Crippen LogP contribution in [0.25, 0.3) is 0 Å². The van der Waals surface area contributed by atoms with Gasteiger partial charge in [0.05, 0.1) is 4.92 Å². The van der Waals surface area contributed by atoms with E-state index in [1.807, 2.05) is 6.92 Å². The van der Waals surface area contributed by atoms with Crippen LogP contribution in [0.1, 0.15) is 12.0 Å². The summed E-state index contributed by atoms with van der Waals surface area (Å²) in [6.45, 7) is 2.30. The van der Waals surface area contributed by atoms with E-state index in [2.05, 4.69) is 10.6 Å². The van der Waals surface area contributed by atoms with Gasteiger partial charge in [0.2, 0.25) is 5.91 Å². The first-order valence-electron chi connectivity index (χ1n) is 5.24. The molecule has 0 aliphatic rings. The van der Waals surface area contributed by atoms with Crippen LogP contribution < -0.4 is 10.6 Å². The van der Waals surface area contributed by atoms with Crippen molar-refractivity contribution in [2.45, 2.75) is 13.3 Å². The SMILES string of the molecule is CNC(=O)CCNc1cc([N+](=O)[O-])ccc1C. The smallest absolute Gasteiger partial charge is 0.271 e. The lowest BCUT2D eigenvalue weighted by Crippen LogP contribution is -2.20. The van der Waals surface area contributed by atoms with Crippen molar-refractivity contribution in [2.75, 3.05) is 18.9 Å². The number of carbonyl (C=O) groups is 1. The van der Waals surface area contributed by atoms with E-state index in [9.17, 15) is 14.9 Å². The van der Waals surface area contributed by atoms with Gasteiger partial charge in [-0.15, -0.1) is 0 Å². The van der Waals surface area contributed by atoms with Crippen molar-refractivity contribution in [3.8, 4) is 0 Å². The fourth-order valence-corrected chi connectivity index (χ4v) is 1.35. The van der Waals surface area contributed by atoms with Gasteiger partial charge in [-0.05, 0) is 12.5 Å². The highest BCUT2D eigenvalue weighted by Gasteiger charge is 2.08. The maximum Gasteiger partial charge on any atom is 0.271 e. The molecule has 1 aromatic rings. The fraction of sp³-hybridized carbons (Fsp3) is 0.364. The first-order chi connectivity index (χ1) is 8.04. The molecule has 0 spiro atoms. The molecule has 1 amide bonds. The lowest BCUT2D eigenvalue weighted by atomic mass is 10.2. The molecular weight excluding hydrogens is 222 g/mol. The van der Waals surface area contributed by atoms with E-state index in [4.69, 9.17) is 0 Å². The molecule has 0 unspecified atom stereocenters. The number of carbonyl (C=O) groups excluding carboxylic acids is 1. The van der Waals surface area contributed by atoms with Crippen LogP contribution in [0, 0.1) is 17.0 Å². The largest absolute Gasteiger partial charge is 0.384 e. The molecule has 6 nitrogen and oxygen atoms in total. The van der Waals surface area contributed by atoms with Crippen LogP contribution >= 0.6 is 0 Å². The summed E-state index contributed by atoms with van der Waals surface area (Å²) in [7, 11) is 1.57. The molecule has 0 aliphatic heterocycles. The summed E-state index contributed by atoms with van der Waals surface area (Å²) in [5.41, 5.74) is 1.63. The Labute approximate surface area is 99.2 Å². The van der Waals surface area contributed by atoms with Gasteiger partial charge in [-0.25, -0.2) is 0 Å². The molecule has 0 saturated heterocycles. The van der Waals surface area contributed by atoms with E-state index in [0.717, 1.165) is 5.56 Å². The van der Waals surface area contributed by atoms with Gasteiger partial charge in [0.25, 0.3) is 5.69 Å². The fourth-order valence-electron chi connectivity index (χ4n) is 1.35. The van der Waals surface area contributed by atoms with E-state index in [-0.39, 0.29) is 11.6 Å². The molecule has 0 aliphatic carbocycles. The van der Waals surface area contributed by atoms with Crippen LogP contribution in [-0.4, -0.2) is 24.4 Å². The number of hydrogen-bond acceptors (Lipinski definition) is 4. The summed E-state index contributed by atoms with van der Waals surface area (Å²) in [4.78, 5) is 21.2. The first kappa shape index (κ1) is 13.0. The molecule has 0 saturated carbocycles. The molecule has 1 aromatic carbocycles. The molecule has 17 heavy (non-hydrogen) atoms. The monoisotopic (exact) mass is 237 g/mol. The number of anilines is 1. The third kappa shape index (κ3) is 3.75. The summed E-state index contributed by atoms with van der Waals surface area (Å²) >= 11 is 0. The molecule has 0 bridgehead atoms. The maximum absolute atomic E-state index is 11.0. The number of non-ortho nitro benzene ring substituents is 1. The Balaban J connectivity index is 2.66. The van der Waals surface area contributed by atoms with Crippen molar-refractivity contribution in [2.24, 2.45) is 0 Å². The number of hydrogen-bond donors (Lipinski definition) is 2. The second kappa shape index (κ2) is 5.83. The van der Waals surface area contributed by atoms with E-state index in [0.29, 0.717) is 18.7 Å². The average molecular weight is 237 g/mol. The second-order valence-corrected chi connectivity index (χ2v) is 3.61. The maximum atomic E-state index is 11.0. The van der Waals surface area contributed by atoms with Gasteiger partial charge in [0.1, 0.15) is 0 Å². The number of nitro groups is 1. The minimum absolute atomic E-state index is 0.0399. The van der Waals surface area contributed by atoms with Crippen LogP contribution in [0.2, 0.25) is 0 Å². The summed E-state index contributed by atoms with van der Waals surface area (Å²) in [5, 5.41) is 16.1. The van der Waals surface area contributed by atoms with Crippen LogP contribution in [0.4, 0.5) is 11.4 Å². The zero-order chi connectivity index (χ0) is 12.8. The van der Waals surface area contributed by atoms with E-state index in [1.54, 1.807) is 13.1 Å². The highest BCUT2D eigenvalue weighted by molar-refractivity contribution is 5.76. The normalized spacial score (nSPS) is 9.76. The zero-order valence-electron chi connectivity index (χ0n) is 9.82. The van der Waals surface area contributed by atoms with Crippen molar-refractivity contribution in [1.29, 1.82) is 0 Å². The van der Waals surface area contributed by atoms with Gasteiger partial charge in [0.15, 0.2) is 0 Å². The number of nitro benzene ring substituents is 1. The van der Waals surface area contributed by atoms with Crippen LogP contribution in [0.3, 0.4) is 0 Å². The minimum Gasteiger partial charge on any atom is -0.384 e. The zero-order valence-corrected chi connectivity index (χ0v) is 9.82. The summed E-state index contributed by atoms with van der Waals surface area (Å²) < 4.78 is 0. The van der Waals surface area contributed by atoms with Crippen LogP contribution in [0.15, 0.2) is 18.2 Å². The van der Waals surface area contributed by atoms with Gasteiger partial charge < -0.3 is 10.6 Å². The topological polar surface area (TPSA) is 84.3 Å². The molecule has 0 aromatic heterocycles. The summed E-state index contributed by atoms with van der Waals surface area (Å²) in [6, 6.07) is 4.61. The first-order valence-corrected chi connectivity index (χ1v) is 5.24. The van der Waals surface area contributed by atoms with Gasteiger partial charge in [-0.1, -0.05) is 6.07 Å². The molecule has 92 valence electrons. The van der Waals surface area contributed by atoms with E-state index in [1.165, 1.54) is 12.1 Å². The Morgan fingerprint density at radius 1 is 1.47 bits per heavy atom. The number of amides is 1. The lowest BCUT2D eigenvalue weighted by Gasteiger charge is -2.08. The Morgan fingerprint density at radius 3 is 2.76 bits per heavy atom. The third-order valence-electron chi connectivity index (χ3n) is 2.38. The predicted molar refractivity (Wildman–Crippen MR) is 65.0 cm³/mol. The van der Waals surface area contributed by atoms with Crippen molar-refractivity contribution in [3.63, 3.8) is 0 Å². The molecule has 0 atom stereocenters. The quantitative estimate of drug-likeness (QED) is 0.599. The number of nitrogens with zero attached hydrogens (tertiary/aromatic N) is 1. The van der Waals surface area contributed by atoms with Crippen molar-refractivity contribution >= 4 is 17.3 Å². The highest BCUT2D eigenvalue weighted by Crippen LogP contribution is 2.21. The van der Waals surface area contributed by atoms with Gasteiger partial charge in [-0.3, -0.25) is 14.9 Å². The molecule has 0 fully saturated rings. The van der Waals surface area contributed by atoms with E-state index >= 15 is 0 Å². The molecule has 6 heteroatoms. The summed E-state index contributed by atoms with van der Waals surface area (Å²) in [6.07, 6.45) is 0.332. The van der Waals surface area contributed by atoms with Crippen LogP contribution in [0.5, 0.6) is 0 Å². The standard InChI is InChI=1S/C11H15N3O3/c1-8-3-4-9(14(16)17)7-10(8)13-6-5-11(15)12-2/h3-4,7,13H,5-6H2,1-2H3,(H,12,15). The molecule has 0 radical (unpaired) electrons. The van der Waals surface area contributed by atoms with Crippen LogP contribution in [-0.2, 0) is 4.79 Å². The van der Waals surface area contributed by atoms with Gasteiger partial charge >= 0.3 is 0 Å². The molecule has 2 N–H and O–H groups in total. The highest BCUT2D eigenvalue weighted by atomic mass is 16.6. The van der Waals surface area contributed by atoms with E-state index < -0.39 is 4.92 Å². The number of nitrogens with one attached hydrogen (secondary N) is 2. The number of aryl methyl sites for hydroxylation is 1. The minimum atomic E-state index is -0.441. The molecule has 1 rings (SSSR count). The average Bonchev–Trinajstić information content (AvgIpc) is 2.30. The van der Waals surface area contributed by atoms with Crippen molar-refractivity contribution < 1.29 is 9.72 Å². The Hall–Kier alpha value is -2.11. The summed E-state index contributed by atoms with van der Waals surface area (Å²) in [5.74, 6) is -0.0689. The predicted octanol–water partition coefficient (Wildman–Crippen LogP) is 1.45. The lowest BCUT2D eigenvalue weighted by molar-refractivity contribution is -0.384. The third-order valence-corrected chi connectivity index (χ3v) is 2.38. The Morgan fingerprint density at radius 2 is 2.18 bits per heavy atom. The molecule has 0 heterocycles. The molecular formula is C11H15N3O3. The van der Waals surface area contributed by atoms with Crippen molar-refractivity contribution in [3.05, 3.63) is 33.9 Å². The number of benzene rings is 1. The van der Waals surface area contributed by atoms with Gasteiger partial charge in [-0.2, -0.15) is 0 Å².